The number of hydrogen-bond acceptors (Lipinski definition) is 7. The molecule has 0 aliphatic rings. The second-order valence-electron chi connectivity index (χ2n) is 3.58. The van der Waals surface area contributed by atoms with E-state index in [-0.39, 0.29) is 6.54 Å². The Morgan fingerprint density at radius 2 is 2.22 bits per heavy atom. The lowest BCUT2D eigenvalue weighted by Crippen LogP contribution is -2.31. The number of rotatable bonds is 9. The van der Waals surface area contributed by atoms with E-state index >= 15 is 0 Å². The Morgan fingerprint density at radius 3 is 2.72 bits per heavy atom. The molecule has 0 amide bonds. The van der Waals surface area contributed by atoms with E-state index in [9.17, 15) is 9.59 Å². The first-order valence-corrected chi connectivity index (χ1v) is 6.72. The van der Waals surface area contributed by atoms with Gasteiger partial charge in [0, 0.05) is 12.8 Å². The van der Waals surface area contributed by atoms with Gasteiger partial charge >= 0.3 is 11.3 Å². The third-order valence-corrected chi connectivity index (χ3v) is 2.56. The van der Waals surface area contributed by atoms with Crippen molar-refractivity contribution in [2.45, 2.75) is 25.3 Å². The van der Waals surface area contributed by atoms with E-state index in [2.05, 4.69) is 0 Å². The van der Waals surface area contributed by atoms with Gasteiger partial charge in [-0.25, -0.2) is 4.79 Å². The van der Waals surface area contributed by atoms with Crippen molar-refractivity contribution in [3.63, 3.8) is 0 Å². The van der Waals surface area contributed by atoms with Gasteiger partial charge in [0.1, 0.15) is 6.04 Å². The third kappa shape index (κ3) is 8.04. The molecule has 4 N–H and O–H groups in total. The van der Waals surface area contributed by atoms with Crippen molar-refractivity contribution in [2.75, 3.05) is 19.3 Å². The van der Waals surface area contributed by atoms with Crippen molar-refractivity contribution in [3.8, 4) is 0 Å². The van der Waals surface area contributed by atoms with Crippen molar-refractivity contribution in [2.24, 2.45) is 5.73 Å². The Bertz CT molecular complexity index is 288. The molecule has 0 fully saturated rings. The van der Waals surface area contributed by atoms with E-state index in [0.717, 1.165) is 18.0 Å². The molecule has 8 heteroatoms. The zero-order chi connectivity index (χ0) is 14.0. The minimum atomic E-state index is -1.01. The fraction of sp³-hybridized carbons (Fsp3) is 0.700. The van der Waals surface area contributed by atoms with Crippen LogP contribution in [-0.4, -0.2) is 53.0 Å². The largest absolute Gasteiger partial charge is 0.480 e. The van der Waals surface area contributed by atoms with Crippen LogP contribution in [0.15, 0.2) is 0 Å². The van der Waals surface area contributed by atoms with Gasteiger partial charge in [-0.2, -0.15) is 0 Å². The molecular weight excluding hydrogens is 258 g/mol. The van der Waals surface area contributed by atoms with E-state index < -0.39 is 17.3 Å². The van der Waals surface area contributed by atoms with Crippen LogP contribution in [0.3, 0.4) is 0 Å². The molecule has 18 heavy (non-hydrogen) atoms. The van der Waals surface area contributed by atoms with Gasteiger partial charge in [0.05, 0.1) is 6.54 Å². The smallest absolute Gasteiger partial charge is 0.385 e. The number of hydrogen-bond donors (Lipinski definition) is 3. The summed E-state index contributed by atoms with van der Waals surface area (Å²) in [6.45, 7) is 0.672. The highest BCUT2D eigenvalue weighted by Crippen LogP contribution is 2.06. The summed E-state index contributed by atoms with van der Waals surface area (Å²) in [5, 5.41) is 16.5. The van der Waals surface area contributed by atoms with Crippen LogP contribution >= 0.6 is 11.8 Å². The predicted molar refractivity (Wildman–Crippen MR) is 69.8 cm³/mol. The Hall–Kier alpha value is -1.12. The highest BCUT2D eigenvalue weighted by Gasteiger charge is 2.12. The summed E-state index contributed by atoms with van der Waals surface area (Å²) in [6.07, 6.45) is 4.40. The number of carboxylic acids is 1. The normalized spacial score (nSPS) is 12.2. The van der Waals surface area contributed by atoms with Crippen LogP contribution in [0.25, 0.3) is 0 Å². The SMILES string of the molecule is CSC(=O)ON(CC=N)CCCC[C@H](N)C(=O)O. The van der Waals surface area contributed by atoms with E-state index in [0.29, 0.717) is 25.8 Å². The number of nitrogens with one attached hydrogen (secondary N) is 1. The second kappa shape index (κ2) is 9.86. The summed E-state index contributed by atoms with van der Waals surface area (Å²) in [5.74, 6) is -1.01. The highest BCUT2D eigenvalue weighted by molar-refractivity contribution is 8.12. The number of carboxylic acid groups (broad SMARTS) is 1. The highest BCUT2D eigenvalue weighted by atomic mass is 32.2. The average Bonchev–Trinajstić information content (AvgIpc) is 2.33. The first kappa shape index (κ1) is 16.9. The van der Waals surface area contributed by atoms with Crippen molar-refractivity contribution < 1.29 is 19.5 Å². The number of unbranched alkanes of at least 4 members (excludes halogenated alkanes) is 1. The maximum absolute atomic E-state index is 11.1. The fourth-order valence-corrected chi connectivity index (χ4v) is 1.37. The first-order valence-electron chi connectivity index (χ1n) is 5.49. The maximum Gasteiger partial charge on any atom is 0.385 e. The van der Waals surface area contributed by atoms with Gasteiger partial charge in [0.2, 0.25) is 0 Å². The van der Waals surface area contributed by atoms with Crippen LogP contribution in [0.4, 0.5) is 4.79 Å². The van der Waals surface area contributed by atoms with E-state index in [1.807, 2.05) is 0 Å². The number of aliphatic carboxylic acids is 1. The Balaban J connectivity index is 3.86. The Morgan fingerprint density at radius 1 is 1.56 bits per heavy atom. The van der Waals surface area contributed by atoms with Crippen LogP contribution < -0.4 is 5.73 Å². The molecule has 0 saturated heterocycles. The van der Waals surface area contributed by atoms with Crippen LogP contribution in [-0.2, 0) is 9.63 Å². The Kier molecular flexibility index (Phi) is 9.25. The number of carbonyl (C=O) groups is 2. The van der Waals surface area contributed by atoms with Crippen LogP contribution in [0.2, 0.25) is 0 Å². The summed E-state index contributed by atoms with van der Waals surface area (Å²) in [7, 11) is 0. The number of nitrogens with two attached hydrogens (primary N) is 1. The average molecular weight is 277 g/mol. The molecule has 0 unspecified atom stereocenters. The first-order chi connectivity index (χ1) is 8.51. The molecular formula is C10H19N3O4S. The van der Waals surface area contributed by atoms with Crippen LogP contribution in [0.5, 0.6) is 0 Å². The van der Waals surface area contributed by atoms with Gasteiger partial charge < -0.3 is 21.1 Å². The number of nitrogens with zero attached hydrogens (tertiary/aromatic N) is 1. The van der Waals surface area contributed by atoms with E-state index in [4.69, 9.17) is 21.1 Å². The Labute approximate surface area is 110 Å². The van der Waals surface area contributed by atoms with Gasteiger partial charge in [0.25, 0.3) is 0 Å². The van der Waals surface area contributed by atoms with Crippen molar-refractivity contribution in [3.05, 3.63) is 0 Å². The van der Waals surface area contributed by atoms with Gasteiger partial charge in [-0.05, 0) is 37.3 Å². The number of hydroxylamine groups is 2. The molecule has 0 bridgehead atoms. The van der Waals surface area contributed by atoms with Crippen LogP contribution in [0, 0.1) is 5.41 Å². The van der Waals surface area contributed by atoms with E-state index in [1.165, 1.54) is 5.06 Å². The quantitative estimate of drug-likeness (QED) is 0.326. The molecule has 0 aromatic heterocycles. The van der Waals surface area contributed by atoms with Crippen molar-refractivity contribution in [1.29, 1.82) is 5.41 Å². The third-order valence-electron chi connectivity index (χ3n) is 2.16. The monoisotopic (exact) mass is 277 g/mol. The van der Waals surface area contributed by atoms with Gasteiger partial charge in [0.15, 0.2) is 0 Å². The van der Waals surface area contributed by atoms with Gasteiger partial charge in [-0.3, -0.25) is 4.79 Å². The zero-order valence-electron chi connectivity index (χ0n) is 10.3. The minimum Gasteiger partial charge on any atom is -0.480 e. The van der Waals surface area contributed by atoms with Crippen LogP contribution in [0.1, 0.15) is 19.3 Å². The fourth-order valence-electron chi connectivity index (χ4n) is 1.19. The second-order valence-corrected chi connectivity index (χ2v) is 4.32. The molecule has 1 atom stereocenters. The number of carbonyl (C=O) groups excluding carboxylic acids is 1. The molecule has 0 radical (unpaired) electrons. The standard InChI is InChI=1S/C10H19N3O4S/c1-18-10(16)17-13(7-5-11)6-3-2-4-8(12)9(14)15/h5,8,11H,2-4,6-7,12H2,1H3,(H,14,15)/t8-/m0/s1. The minimum absolute atomic E-state index is 0.220. The van der Waals surface area contributed by atoms with E-state index in [1.54, 1.807) is 6.26 Å². The lowest BCUT2D eigenvalue weighted by Gasteiger charge is -2.18. The summed E-state index contributed by atoms with van der Waals surface area (Å²) in [6, 6.07) is -0.852. The molecule has 0 heterocycles. The predicted octanol–water partition coefficient (Wildman–Crippen LogP) is 0.935. The maximum atomic E-state index is 11.1. The lowest BCUT2D eigenvalue weighted by atomic mass is 10.1. The van der Waals surface area contributed by atoms with Gasteiger partial charge in [-0.15, -0.1) is 5.06 Å². The van der Waals surface area contributed by atoms with Gasteiger partial charge in [-0.1, -0.05) is 0 Å². The molecule has 7 nitrogen and oxygen atoms in total. The summed E-state index contributed by atoms with van der Waals surface area (Å²) >= 11 is 0.951. The molecule has 0 saturated carbocycles. The molecule has 0 aromatic rings. The van der Waals surface area contributed by atoms with Crippen molar-refractivity contribution in [1.82, 2.24) is 5.06 Å². The summed E-state index contributed by atoms with van der Waals surface area (Å²) < 4.78 is 0. The molecule has 0 aromatic carbocycles. The zero-order valence-corrected chi connectivity index (χ0v) is 11.1. The lowest BCUT2D eigenvalue weighted by molar-refractivity contribution is -0.138. The topological polar surface area (TPSA) is 117 Å². The summed E-state index contributed by atoms with van der Waals surface area (Å²) in [5.41, 5.74) is 5.36. The molecule has 0 aliphatic carbocycles. The molecule has 0 aliphatic heterocycles. The number of thioether (sulfide) groups is 1. The van der Waals surface area contributed by atoms with Crippen molar-refractivity contribution >= 4 is 29.2 Å². The molecule has 104 valence electrons. The molecule has 0 spiro atoms. The molecule has 0 rings (SSSR count). The summed E-state index contributed by atoms with van der Waals surface area (Å²) in [4.78, 5) is 26.5.